The Kier molecular flexibility index (Phi) is 4.77. The molecule has 1 heterocycles. The maximum atomic E-state index is 12.3. The molecule has 0 radical (unpaired) electrons. The molecule has 4 nitrogen and oxygen atoms in total. The summed E-state index contributed by atoms with van der Waals surface area (Å²) in [4.78, 5) is 15.0. The molecule has 0 atom stereocenters. The molecular weight excluding hydrogens is 366 g/mol. The van der Waals surface area contributed by atoms with Crippen molar-refractivity contribution in [1.82, 2.24) is 4.98 Å². The van der Waals surface area contributed by atoms with E-state index >= 15 is 0 Å². The van der Waals surface area contributed by atoms with E-state index in [4.69, 9.17) is 0 Å². The third-order valence-electron chi connectivity index (χ3n) is 2.06. The van der Waals surface area contributed by atoms with Crippen LogP contribution in [-0.2, 0) is 16.0 Å². The highest BCUT2D eigenvalue weighted by Gasteiger charge is 2.33. The maximum absolute atomic E-state index is 12.3. The molecule has 8 heteroatoms. The first kappa shape index (κ1) is 15.0. The Labute approximate surface area is 115 Å². The van der Waals surface area contributed by atoms with Gasteiger partial charge in [-0.05, 0) is 29.5 Å². The summed E-state index contributed by atoms with van der Waals surface area (Å²) < 4.78 is 45.6. The van der Waals surface area contributed by atoms with Gasteiger partial charge in [0.05, 0.1) is 13.5 Å². The van der Waals surface area contributed by atoms with E-state index in [1.165, 1.54) is 13.1 Å². The van der Waals surface area contributed by atoms with E-state index < -0.39 is 18.1 Å². The number of hydrogen-bond donors (Lipinski definition) is 0. The number of aromatic nitrogens is 1. The number of esters is 1. The van der Waals surface area contributed by atoms with Gasteiger partial charge in [-0.1, -0.05) is 0 Å². The van der Waals surface area contributed by atoms with Crippen molar-refractivity contribution in [2.45, 2.75) is 19.7 Å². The average Bonchev–Trinajstić information content (AvgIpc) is 2.27. The van der Waals surface area contributed by atoms with Crippen molar-refractivity contribution >= 4 is 28.6 Å². The third kappa shape index (κ3) is 4.00. The highest BCUT2D eigenvalue weighted by molar-refractivity contribution is 14.1. The Bertz CT molecular complexity index is 462. The lowest BCUT2D eigenvalue weighted by atomic mass is 10.1. The van der Waals surface area contributed by atoms with Gasteiger partial charge in [0.1, 0.15) is 9.45 Å². The minimum atomic E-state index is -4.82. The van der Waals surface area contributed by atoms with Gasteiger partial charge in [0.2, 0.25) is 0 Å². The first-order valence-electron chi connectivity index (χ1n) is 4.71. The van der Waals surface area contributed by atoms with Gasteiger partial charge >= 0.3 is 12.3 Å². The minimum absolute atomic E-state index is 0.0390. The van der Waals surface area contributed by atoms with Crippen molar-refractivity contribution in [3.05, 3.63) is 21.0 Å². The molecule has 0 fully saturated rings. The van der Waals surface area contributed by atoms with Crippen LogP contribution in [0.5, 0.6) is 5.75 Å². The zero-order valence-corrected chi connectivity index (χ0v) is 11.6. The number of ether oxygens (including phenoxy) is 2. The Morgan fingerprint density at radius 3 is 2.61 bits per heavy atom. The van der Waals surface area contributed by atoms with Crippen LogP contribution in [-0.4, -0.2) is 24.4 Å². The fourth-order valence-electron chi connectivity index (χ4n) is 1.24. The Morgan fingerprint density at radius 1 is 1.50 bits per heavy atom. The summed E-state index contributed by atoms with van der Waals surface area (Å²) in [5.74, 6) is -1.06. The smallest absolute Gasteiger partial charge is 0.469 e. The van der Waals surface area contributed by atoms with Crippen LogP contribution in [0.25, 0.3) is 0 Å². The van der Waals surface area contributed by atoms with E-state index in [0.717, 1.165) is 7.11 Å². The molecule has 0 unspecified atom stereocenters. The summed E-state index contributed by atoms with van der Waals surface area (Å²) in [5.41, 5.74) is 0.270. The molecule has 18 heavy (non-hydrogen) atoms. The highest BCUT2D eigenvalue weighted by Crippen LogP contribution is 2.31. The molecule has 0 aromatic carbocycles. The van der Waals surface area contributed by atoms with Crippen LogP contribution in [0.3, 0.4) is 0 Å². The molecule has 1 rings (SSSR count). The second-order valence-corrected chi connectivity index (χ2v) is 4.35. The number of alkyl halides is 3. The predicted octanol–water partition coefficient (Wildman–Crippen LogP) is 2.61. The fourth-order valence-corrected chi connectivity index (χ4v) is 1.62. The molecule has 0 saturated heterocycles. The van der Waals surface area contributed by atoms with Crippen molar-refractivity contribution in [2.75, 3.05) is 7.11 Å². The number of rotatable bonds is 3. The third-order valence-corrected chi connectivity index (χ3v) is 3.14. The first-order valence-corrected chi connectivity index (χ1v) is 5.79. The van der Waals surface area contributed by atoms with Crippen LogP contribution in [0.1, 0.15) is 11.1 Å². The van der Waals surface area contributed by atoms with E-state index in [1.807, 2.05) is 0 Å². The summed E-state index contributed by atoms with van der Waals surface area (Å²) in [6.07, 6.45) is -3.97. The lowest BCUT2D eigenvalue weighted by Crippen LogP contribution is -2.20. The van der Waals surface area contributed by atoms with Crippen molar-refractivity contribution in [3.63, 3.8) is 0 Å². The molecule has 0 bridgehead atoms. The quantitative estimate of drug-likeness (QED) is 0.463. The fraction of sp³-hybridized carbons (Fsp3) is 0.400. The Balaban J connectivity index is 3.17. The molecule has 1 aromatic rings. The van der Waals surface area contributed by atoms with Crippen molar-refractivity contribution in [3.8, 4) is 5.75 Å². The molecule has 0 N–H and O–H groups in total. The molecule has 0 saturated carbocycles. The molecule has 0 aliphatic rings. The normalized spacial score (nSPS) is 11.2. The van der Waals surface area contributed by atoms with Gasteiger partial charge in [0, 0.05) is 17.3 Å². The Morgan fingerprint density at radius 2 is 2.11 bits per heavy atom. The maximum Gasteiger partial charge on any atom is 0.573 e. The summed E-state index contributed by atoms with van der Waals surface area (Å²) >= 11 is 1.79. The lowest BCUT2D eigenvalue weighted by Gasteiger charge is -2.15. The van der Waals surface area contributed by atoms with Gasteiger partial charge in [0.25, 0.3) is 0 Å². The number of methoxy groups -OCH3 is 1. The molecule has 0 spiro atoms. The van der Waals surface area contributed by atoms with E-state index in [-0.39, 0.29) is 17.5 Å². The van der Waals surface area contributed by atoms with Crippen LogP contribution in [0, 0.1) is 10.6 Å². The minimum Gasteiger partial charge on any atom is -0.469 e. The van der Waals surface area contributed by atoms with E-state index in [0.29, 0.717) is 3.70 Å². The van der Waals surface area contributed by atoms with Gasteiger partial charge < -0.3 is 9.47 Å². The highest BCUT2D eigenvalue weighted by atomic mass is 127. The molecule has 100 valence electrons. The SMILES string of the molecule is COC(=O)Cc1cnc(I)c(C)c1OC(F)(F)F. The van der Waals surface area contributed by atoms with Crippen LogP contribution < -0.4 is 4.74 Å². The van der Waals surface area contributed by atoms with Gasteiger partial charge in [-0.2, -0.15) is 0 Å². The second kappa shape index (κ2) is 5.72. The van der Waals surface area contributed by atoms with Gasteiger partial charge in [-0.25, -0.2) is 4.98 Å². The van der Waals surface area contributed by atoms with Crippen molar-refractivity contribution < 1.29 is 27.4 Å². The van der Waals surface area contributed by atoms with Crippen LogP contribution in [0.2, 0.25) is 0 Å². The summed E-state index contributed by atoms with van der Waals surface area (Å²) in [6, 6.07) is 0. The molecular formula is C10H9F3INO3. The molecule has 1 aromatic heterocycles. The van der Waals surface area contributed by atoms with E-state index in [1.54, 1.807) is 22.6 Å². The number of hydrogen-bond acceptors (Lipinski definition) is 4. The van der Waals surface area contributed by atoms with E-state index in [9.17, 15) is 18.0 Å². The standard InChI is InChI=1S/C10H9F3INO3/c1-5-8(18-10(11,12)13)6(3-7(16)17-2)4-15-9(5)14/h4H,3H2,1-2H3. The summed E-state index contributed by atoms with van der Waals surface area (Å²) in [7, 11) is 1.15. The molecule has 0 amide bonds. The number of pyridine rings is 1. The zero-order valence-electron chi connectivity index (χ0n) is 9.47. The van der Waals surface area contributed by atoms with Crippen molar-refractivity contribution in [2.24, 2.45) is 0 Å². The molecule has 0 aliphatic heterocycles. The summed E-state index contributed by atoms with van der Waals surface area (Å²) in [6.45, 7) is 1.44. The van der Waals surface area contributed by atoms with E-state index in [2.05, 4.69) is 14.5 Å². The zero-order chi connectivity index (χ0) is 13.9. The first-order chi connectivity index (χ1) is 8.24. The topological polar surface area (TPSA) is 48.4 Å². The van der Waals surface area contributed by atoms with Gasteiger partial charge in [-0.15, -0.1) is 13.2 Å². The number of nitrogens with zero attached hydrogens (tertiary/aromatic N) is 1. The lowest BCUT2D eigenvalue weighted by molar-refractivity contribution is -0.275. The predicted molar refractivity (Wildman–Crippen MR) is 64.1 cm³/mol. The van der Waals surface area contributed by atoms with Gasteiger partial charge in [0.15, 0.2) is 0 Å². The second-order valence-electron chi connectivity index (χ2n) is 3.33. The Hall–Kier alpha value is -1.06. The average molecular weight is 375 g/mol. The van der Waals surface area contributed by atoms with Crippen LogP contribution in [0.4, 0.5) is 13.2 Å². The van der Waals surface area contributed by atoms with Crippen molar-refractivity contribution in [1.29, 1.82) is 0 Å². The van der Waals surface area contributed by atoms with Gasteiger partial charge in [-0.3, -0.25) is 4.79 Å². The van der Waals surface area contributed by atoms with Crippen LogP contribution in [0.15, 0.2) is 6.20 Å². The number of halogens is 4. The summed E-state index contributed by atoms with van der Waals surface area (Å²) in [5, 5.41) is 0. The monoisotopic (exact) mass is 375 g/mol. The van der Waals surface area contributed by atoms with Crippen LogP contribution >= 0.6 is 22.6 Å². The number of carbonyl (C=O) groups is 1. The largest absolute Gasteiger partial charge is 0.573 e. The number of carbonyl (C=O) groups excluding carboxylic acids is 1. The molecule has 0 aliphatic carbocycles.